The van der Waals surface area contributed by atoms with Gasteiger partial charge in [0.05, 0.1) is 22.7 Å². The van der Waals surface area contributed by atoms with Crippen molar-refractivity contribution in [1.29, 1.82) is 0 Å². The average molecular weight is 419 g/mol. The zero-order valence-electron chi connectivity index (χ0n) is 15.1. The first-order valence-corrected chi connectivity index (χ1v) is 9.72. The maximum absolute atomic E-state index is 13.6. The number of halogens is 2. The Balaban J connectivity index is 1.86. The van der Waals surface area contributed by atoms with Gasteiger partial charge >= 0.3 is 4.87 Å². The number of aromatic nitrogens is 1. The Labute approximate surface area is 169 Å². The molecular formula is C20H16ClFN2O3S. The van der Waals surface area contributed by atoms with E-state index >= 15 is 0 Å². The summed E-state index contributed by atoms with van der Waals surface area (Å²) in [4.78, 5) is 27.6. The lowest BCUT2D eigenvalue weighted by Gasteiger charge is -2.32. The van der Waals surface area contributed by atoms with Crippen molar-refractivity contribution in [2.45, 2.75) is 12.3 Å². The van der Waals surface area contributed by atoms with Gasteiger partial charge in [-0.1, -0.05) is 29.0 Å². The molecule has 1 atom stereocenters. The van der Waals surface area contributed by atoms with Crippen LogP contribution in [-0.4, -0.2) is 17.6 Å². The predicted molar refractivity (Wildman–Crippen MR) is 108 cm³/mol. The molecule has 0 bridgehead atoms. The molecule has 0 spiro atoms. The van der Waals surface area contributed by atoms with Crippen molar-refractivity contribution in [3.8, 4) is 5.75 Å². The second-order valence-corrected chi connectivity index (χ2v) is 7.87. The van der Waals surface area contributed by atoms with Crippen LogP contribution >= 0.6 is 22.9 Å². The van der Waals surface area contributed by atoms with Gasteiger partial charge in [-0.15, -0.1) is 0 Å². The summed E-state index contributed by atoms with van der Waals surface area (Å²) < 4.78 is 20.2. The lowest BCUT2D eigenvalue weighted by Crippen LogP contribution is -2.34. The van der Waals surface area contributed by atoms with Crippen LogP contribution in [0.25, 0.3) is 0 Å². The standard InChI is InChI=1S/C20H16ClFN2O3S/c1-23-19-18(28-20(23)26)14(11-3-8-16(22)15(21)9-11)10-17(25)24(19)12-4-6-13(27-2)7-5-12/h3-9,14H,10H2,1-2H3/t14-/m1/s1. The molecule has 0 radical (unpaired) electrons. The molecule has 2 heterocycles. The van der Waals surface area contributed by atoms with Crippen LogP contribution in [0.5, 0.6) is 5.75 Å². The molecule has 0 saturated carbocycles. The summed E-state index contributed by atoms with van der Waals surface area (Å²) in [5.41, 5.74) is 1.35. The molecule has 2 aromatic carbocycles. The second-order valence-electron chi connectivity index (χ2n) is 6.47. The summed E-state index contributed by atoms with van der Waals surface area (Å²) in [6.45, 7) is 0. The maximum atomic E-state index is 13.6. The fourth-order valence-electron chi connectivity index (χ4n) is 3.42. The first-order chi connectivity index (χ1) is 13.4. The van der Waals surface area contributed by atoms with Crippen molar-refractivity contribution in [1.82, 2.24) is 4.57 Å². The summed E-state index contributed by atoms with van der Waals surface area (Å²) in [5, 5.41) is -0.00707. The number of anilines is 2. The van der Waals surface area contributed by atoms with Crippen LogP contribution in [0.3, 0.4) is 0 Å². The van der Waals surface area contributed by atoms with Crippen LogP contribution in [0.2, 0.25) is 5.02 Å². The van der Waals surface area contributed by atoms with Gasteiger partial charge in [0.15, 0.2) is 0 Å². The Morgan fingerprint density at radius 1 is 1.18 bits per heavy atom. The first-order valence-electron chi connectivity index (χ1n) is 8.52. The highest BCUT2D eigenvalue weighted by Crippen LogP contribution is 2.45. The molecule has 0 fully saturated rings. The Morgan fingerprint density at radius 2 is 1.89 bits per heavy atom. The Hall–Kier alpha value is -2.64. The summed E-state index contributed by atoms with van der Waals surface area (Å²) in [6, 6.07) is 11.5. The summed E-state index contributed by atoms with van der Waals surface area (Å²) in [5.74, 6) is 0.174. The van der Waals surface area contributed by atoms with Crippen LogP contribution in [0.1, 0.15) is 22.8 Å². The van der Waals surface area contributed by atoms with Gasteiger partial charge in [0, 0.05) is 19.4 Å². The Kier molecular flexibility index (Phi) is 4.72. The lowest BCUT2D eigenvalue weighted by molar-refractivity contribution is -0.118. The van der Waals surface area contributed by atoms with Crippen molar-refractivity contribution in [3.05, 3.63) is 73.4 Å². The minimum absolute atomic E-state index is 0.00707. The van der Waals surface area contributed by atoms with Crippen molar-refractivity contribution < 1.29 is 13.9 Å². The summed E-state index contributed by atoms with van der Waals surface area (Å²) in [7, 11) is 3.21. The number of benzene rings is 2. The molecule has 0 N–H and O–H groups in total. The predicted octanol–water partition coefficient (Wildman–Crippen LogP) is 4.45. The average Bonchev–Trinajstić information content (AvgIpc) is 2.98. The van der Waals surface area contributed by atoms with E-state index in [0.717, 1.165) is 16.2 Å². The van der Waals surface area contributed by atoms with E-state index in [4.69, 9.17) is 16.3 Å². The maximum Gasteiger partial charge on any atom is 0.308 e. The van der Waals surface area contributed by atoms with Crippen LogP contribution in [-0.2, 0) is 11.8 Å². The third kappa shape index (κ3) is 3.00. The van der Waals surface area contributed by atoms with E-state index in [1.54, 1.807) is 49.4 Å². The van der Waals surface area contributed by atoms with E-state index in [9.17, 15) is 14.0 Å². The molecule has 1 aromatic heterocycles. The van der Waals surface area contributed by atoms with Gasteiger partial charge in [-0.2, -0.15) is 0 Å². The van der Waals surface area contributed by atoms with Crippen LogP contribution in [0.4, 0.5) is 15.9 Å². The number of ether oxygens (including phenoxy) is 1. The molecule has 8 heteroatoms. The topological polar surface area (TPSA) is 51.5 Å². The first kappa shape index (κ1) is 18.7. The van der Waals surface area contributed by atoms with Gasteiger partial charge in [-0.25, -0.2) is 4.39 Å². The summed E-state index contributed by atoms with van der Waals surface area (Å²) >= 11 is 7.03. The fraction of sp³-hybridized carbons (Fsp3) is 0.200. The van der Waals surface area contributed by atoms with Crippen molar-refractivity contribution >= 4 is 40.4 Å². The summed E-state index contributed by atoms with van der Waals surface area (Å²) in [6.07, 6.45) is 0.154. The molecular weight excluding hydrogens is 403 g/mol. The third-order valence-corrected chi connectivity index (χ3v) is 6.27. The molecule has 28 heavy (non-hydrogen) atoms. The molecule has 144 valence electrons. The highest BCUT2D eigenvalue weighted by molar-refractivity contribution is 7.10. The third-order valence-electron chi connectivity index (χ3n) is 4.84. The SMILES string of the molecule is COc1ccc(N2C(=O)C[C@H](c3ccc(F)c(Cl)c3)c3sc(=O)n(C)c32)cc1. The van der Waals surface area contributed by atoms with Gasteiger partial charge in [0.2, 0.25) is 5.91 Å². The van der Waals surface area contributed by atoms with E-state index in [0.29, 0.717) is 22.8 Å². The smallest absolute Gasteiger partial charge is 0.308 e. The van der Waals surface area contributed by atoms with Crippen LogP contribution < -0.4 is 14.5 Å². The minimum Gasteiger partial charge on any atom is -0.497 e. The van der Waals surface area contributed by atoms with E-state index in [2.05, 4.69) is 0 Å². The molecule has 5 nitrogen and oxygen atoms in total. The lowest BCUT2D eigenvalue weighted by atomic mass is 9.90. The van der Waals surface area contributed by atoms with E-state index in [-0.39, 0.29) is 28.1 Å². The van der Waals surface area contributed by atoms with Crippen molar-refractivity contribution in [2.75, 3.05) is 12.0 Å². The zero-order chi connectivity index (χ0) is 20.0. The number of thiazole rings is 1. The molecule has 1 amide bonds. The van der Waals surface area contributed by atoms with Crippen LogP contribution in [0.15, 0.2) is 47.3 Å². The van der Waals surface area contributed by atoms with Gasteiger partial charge in [0.1, 0.15) is 17.4 Å². The quantitative estimate of drug-likeness (QED) is 0.631. The molecule has 1 aliphatic heterocycles. The highest BCUT2D eigenvalue weighted by atomic mass is 35.5. The molecule has 0 aliphatic carbocycles. The number of amides is 1. The number of carbonyl (C=O) groups excluding carboxylic acids is 1. The Bertz CT molecular complexity index is 1120. The monoisotopic (exact) mass is 418 g/mol. The van der Waals surface area contributed by atoms with Gasteiger partial charge in [-0.3, -0.25) is 19.1 Å². The number of methoxy groups -OCH3 is 1. The highest BCUT2D eigenvalue weighted by Gasteiger charge is 2.37. The number of rotatable bonds is 3. The largest absolute Gasteiger partial charge is 0.497 e. The van der Waals surface area contributed by atoms with E-state index in [1.165, 1.54) is 16.7 Å². The molecule has 0 unspecified atom stereocenters. The van der Waals surface area contributed by atoms with E-state index < -0.39 is 5.82 Å². The molecule has 3 aromatic rings. The minimum atomic E-state index is -0.520. The van der Waals surface area contributed by atoms with Gasteiger partial charge < -0.3 is 4.74 Å². The molecule has 4 rings (SSSR count). The fourth-order valence-corrected chi connectivity index (χ4v) is 4.70. The second kappa shape index (κ2) is 7.07. The van der Waals surface area contributed by atoms with Gasteiger partial charge in [0.25, 0.3) is 0 Å². The zero-order valence-corrected chi connectivity index (χ0v) is 16.7. The number of fused-ring (bicyclic) bond motifs is 1. The normalized spacial score (nSPS) is 16.2. The number of hydrogen-bond acceptors (Lipinski definition) is 4. The van der Waals surface area contributed by atoms with Crippen molar-refractivity contribution in [2.24, 2.45) is 7.05 Å². The van der Waals surface area contributed by atoms with E-state index in [1.807, 2.05) is 0 Å². The van der Waals surface area contributed by atoms with Crippen molar-refractivity contribution in [3.63, 3.8) is 0 Å². The Morgan fingerprint density at radius 3 is 2.54 bits per heavy atom. The van der Waals surface area contributed by atoms with Gasteiger partial charge in [-0.05, 0) is 42.0 Å². The number of nitrogens with zero attached hydrogens (tertiary/aromatic N) is 2. The molecule has 0 saturated heterocycles. The number of hydrogen-bond donors (Lipinski definition) is 0. The van der Waals surface area contributed by atoms with Crippen LogP contribution in [0, 0.1) is 5.82 Å². The molecule has 1 aliphatic rings. The number of carbonyl (C=O) groups is 1.